The Morgan fingerprint density at radius 2 is 1.52 bits per heavy atom. The van der Waals surface area contributed by atoms with Gasteiger partial charge in [-0.15, -0.1) is 0 Å². The van der Waals surface area contributed by atoms with Gasteiger partial charge in [0.15, 0.2) is 0 Å². The normalized spacial score (nSPS) is 19.6. The van der Waals surface area contributed by atoms with Crippen molar-refractivity contribution in [3.8, 4) is 5.75 Å². The largest absolute Gasteiger partial charge is 0.494 e. The SMILES string of the molecule is CC1(C)OB(c2ccc(COc3ccc(CNC(=O)[C@@H]4CCC(=O)N4Cc4ccccc4)cc3)cc2)OC1(C)C. The third kappa shape index (κ3) is 6.24. The number of nitrogens with one attached hydrogen (secondary N) is 1. The molecule has 2 heterocycles. The molecule has 208 valence electrons. The molecule has 2 saturated heterocycles. The number of amides is 2. The van der Waals surface area contributed by atoms with Gasteiger partial charge < -0.3 is 24.3 Å². The van der Waals surface area contributed by atoms with Crippen LogP contribution in [0.5, 0.6) is 5.75 Å². The molecule has 5 rings (SSSR count). The summed E-state index contributed by atoms with van der Waals surface area (Å²) < 4.78 is 18.2. The fraction of sp³-hybridized carbons (Fsp3) is 0.375. The summed E-state index contributed by atoms with van der Waals surface area (Å²) in [5.74, 6) is 0.653. The lowest BCUT2D eigenvalue weighted by atomic mass is 9.79. The van der Waals surface area contributed by atoms with Gasteiger partial charge in [-0.2, -0.15) is 0 Å². The predicted octanol–water partition coefficient (Wildman–Crippen LogP) is 4.37. The number of rotatable bonds is 9. The minimum atomic E-state index is -0.438. The molecular weight excluding hydrogens is 503 g/mol. The highest BCUT2D eigenvalue weighted by Gasteiger charge is 2.51. The van der Waals surface area contributed by atoms with E-state index in [2.05, 4.69) is 5.32 Å². The van der Waals surface area contributed by atoms with Gasteiger partial charge in [-0.05, 0) is 68.4 Å². The number of hydrogen-bond acceptors (Lipinski definition) is 5. The van der Waals surface area contributed by atoms with Gasteiger partial charge in [-0.1, -0.05) is 66.7 Å². The van der Waals surface area contributed by atoms with Gasteiger partial charge in [0, 0.05) is 19.5 Å². The molecule has 3 aromatic carbocycles. The smallest absolute Gasteiger partial charge is 0.489 e. The second-order valence-corrected chi connectivity index (χ2v) is 11.5. The van der Waals surface area contributed by atoms with Gasteiger partial charge in [0.25, 0.3) is 0 Å². The monoisotopic (exact) mass is 540 g/mol. The van der Waals surface area contributed by atoms with Crippen LogP contribution in [-0.2, 0) is 38.6 Å². The van der Waals surface area contributed by atoms with E-state index in [0.29, 0.717) is 32.5 Å². The molecule has 40 heavy (non-hydrogen) atoms. The first kappa shape index (κ1) is 27.9. The Hall–Kier alpha value is -3.62. The number of carbonyl (C=O) groups excluding carboxylic acids is 2. The van der Waals surface area contributed by atoms with Crippen LogP contribution in [0.2, 0.25) is 0 Å². The highest BCUT2D eigenvalue weighted by molar-refractivity contribution is 6.62. The number of ether oxygens (including phenoxy) is 1. The number of likely N-dealkylation sites (tertiary alicyclic amines) is 1. The highest BCUT2D eigenvalue weighted by atomic mass is 16.7. The summed E-state index contributed by atoms with van der Waals surface area (Å²) in [6, 6.07) is 25.1. The number of hydrogen-bond donors (Lipinski definition) is 1. The molecule has 2 aliphatic heterocycles. The Kier molecular flexibility index (Phi) is 8.01. The predicted molar refractivity (Wildman–Crippen MR) is 155 cm³/mol. The molecule has 2 aliphatic rings. The van der Waals surface area contributed by atoms with E-state index < -0.39 is 6.04 Å². The minimum Gasteiger partial charge on any atom is -0.489 e. The minimum absolute atomic E-state index is 0.0215. The topological polar surface area (TPSA) is 77.1 Å². The Morgan fingerprint density at radius 1 is 0.900 bits per heavy atom. The van der Waals surface area contributed by atoms with Gasteiger partial charge in [0.05, 0.1) is 11.2 Å². The zero-order valence-electron chi connectivity index (χ0n) is 23.7. The summed E-state index contributed by atoms with van der Waals surface area (Å²) in [4.78, 5) is 27.0. The van der Waals surface area contributed by atoms with Crippen LogP contribution in [0.15, 0.2) is 78.9 Å². The lowest BCUT2D eigenvalue weighted by Gasteiger charge is -2.32. The first-order valence-electron chi connectivity index (χ1n) is 13.9. The van der Waals surface area contributed by atoms with Crippen LogP contribution in [0.4, 0.5) is 0 Å². The van der Waals surface area contributed by atoms with E-state index in [4.69, 9.17) is 14.0 Å². The van der Waals surface area contributed by atoms with Crippen molar-refractivity contribution >= 4 is 24.4 Å². The van der Waals surface area contributed by atoms with Crippen molar-refractivity contribution in [2.24, 2.45) is 0 Å². The first-order chi connectivity index (χ1) is 19.1. The van der Waals surface area contributed by atoms with Crippen LogP contribution < -0.4 is 15.5 Å². The van der Waals surface area contributed by atoms with Gasteiger partial charge in [-0.25, -0.2) is 0 Å². The molecule has 3 aromatic rings. The second-order valence-electron chi connectivity index (χ2n) is 11.5. The van der Waals surface area contributed by atoms with E-state index in [1.165, 1.54) is 0 Å². The zero-order chi connectivity index (χ0) is 28.3. The van der Waals surface area contributed by atoms with Gasteiger partial charge >= 0.3 is 7.12 Å². The Morgan fingerprint density at radius 3 is 2.17 bits per heavy atom. The zero-order valence-corrected chi connectivity index (χ0v) is 23.7. The van der Waals surface area contributed by atoms with Gasteiger partial charge in [0.1, 0.15) is 18.4 Å². The lowest BCUT2D eigenvalue weighted by molar-refractivity contribution is -0.135. The van der Waals surface area contributed by atoms with Crippen molar-refractivity contribution in [2.45, 2.75) is 77.5 Å². The van der Waals surface area contributed by atoms with Crippen LogP contribution in [0.3, 0.4) is 0 Å². The molecule has 0 radical (unpaired) electrons. The quantitative estimate of drug-likeness (QED) is 0.408. The van der Waals surface area contributed by atoms with Crippen LogP contribution in [0.25, 0.3) is 0 Å². The molecule has 8 heteroatoms. The van der Waals surface area contributed by atoms with Crippen molar-refractivity contribution in [3.63, 3.8) is 0 Å². The lowest BCUT2D eigenvalue weighted by Crippen LogP contribution is -2.44. The maximum Gasteiger partial charge on any atom is 0.494 e. The molecule has 0 aliphatic carbocycles. The van der Waals surface area contributed by atoms with Crippen LogP contribution in [0, 0.1) is 0 Å². The molecule has 0 unspecified atom stereocenters. The van der Waals surface area contributed by atoms with Crippen LogP contribution in [-0.4, -0.2) is 41.1 Å². The molecule has 7 nitrogen and oxygen atoms in total. The van der Waals surface area contributed by atoms with E-state index in [1.54, 1.807) is 4.90 Å². The van der Waals surface area contributed by atoms with Gasteiger partial charge in [-0.3, -0.25) is 9.59 Å². The Bertz CT molecular complexity index is 1310. The molecule has 0 saturated carbocycles. The molecule has 1 atom stereocenters. The second kappa shape index (κ2) is 11.5. The third-order valence-corrected chi connectivity index (χ3v) is 8.13. The van der Waals surface area contributed by atoms with Crippen LogP contribution in [0.1, 0.15) is 57.2 Å². The summed E-state index contributed by atoms with van der Waals surface area (Å²) >= 11 is 0. The van der Waals surface area contributed by atoms with Crippen molar-refractivity contribution in [2.75, 3.05) is 0 Å². The van der Waals surface area contributed by atoms with Crippen molar-refractivity contribution in [3.05, 3.63) is 95.6 Å². The summed E-state index contributed by atoms with van der Waals surface area (Å²) in [6.07, 6.45) is 0.945. The molecule has 0 aromatic heterocycles. The standard InChI is InChI=1S/C32H37BN2O5/c1-31(2)32(3,4)40-33(39-31)26-14-10-25(11-15-26)22-38-27-16-12-23(13-17-27)20-34-30(37)28-18-19-29(36)35(28)21-24-8-6-5-7-9-24/h5-17,28H,18-22H2,1-4H3,(H,34,37)/t28-/m0/s1. The van der Waals surface area contributed by atoms with E-state index in [0.717, 1.165) is 27.9 Å². The summed E-state index contributed by atoms with van der Waals surface area (Å²) in [5.41, 5.74) is 3.28. The Balaban J connectivity index is 1.09. The summed E-state index contributed by atoms with van der Waals surface area (Å²) in [7, 11) is -0.380. The molecular formula is C32H37BN2O5. The average Bonchev–Trinajstić information content (AvgIpc) is 3.41. The molecule has 0 bridgehead atoms. The van der Waals surface area contributed by atoms with E-state index >= 15 is 0 Å². The van der Waals surface area contributed by atoms with Crippen molar-refractivity contribution < 1.29 is 23.6 Å². The highest BCUT2D eigenvalue weighted by Crippen LogP contribution is 2.36. The fourth-order valence-electron chi connectivity index (χ4n) is 4.91. The number of carbonyl (C=O) groups is 2. The van der Waals surface area contributed by atoms with E-state index in [-0.39, 0.29) is 30.1 Å². The Labute approximate surface area is 237 Å². The average molecular weight is 540 g/mol. The maximum atomic E-state index is 12.9. The van der Waals surface area contributed by atoms with E-state index in [1.807, 2.05) is 107 Å². The molecule has 1 N–H and O–H groups in total. The maximum absolute atomic E-state index is 12.9. The number of nitrogens with zero attached hydrogens (tertiary/aromatic N) is 1. The molecule has 0 spiro atoms. The third-order valence-electron chi connectivity index (χ3n) is 8.13. The molecule has 2 fully saturated rings. The summed E-state index contributed by atoms with van der Waals surface area (Å²) in [6.45, 7) is 9.47. The first-order valence-corrected chi connectivity index (χ1v) is 13.9. The van der Waals surface area contributed by atoms with Gasteiger partial charge in [0.2, 0.25) is 11.8 Å². The molecule has 2 amide bonds. The number of benzene rings is 3. The van der Waals surface area contributed by atoms with E-state index in [9.17, 15) is 9.59 Å². The fourth-order valence-corrected chi connectivity index (χ4v) is 4.91. The van der Waals surface area contributed by atoms with Crippen molar-refractivity contribution in [1.29, 1.82) is 0 Å². The van der Waals surface area contributed by atoms with Crippen LogP contribution >= 0.6 is 0 Å². The van der Waals surface area contributed by atoms with Crippen molar-refractivity contribution in [1.82, 2.24) is 10.2 Å². The summed E-state index contributed by atoms with van der Waals surface area (Å²) in [5, 5.41) is 3.00.